The molecule has 5 heteroatoms. The van der Waals surface area contributed by atoms with Gasteiger partial charge in [0.15, 0.2) is 0 Å². The van der Waals surface area contributed by atoms with Gasteiger partial charge in [0.1, 0.15) is 0 Å². The fourth-order valence-corrected chi connectivity index (χ4v) is 1.95. The molecule has 0 radical (unpaired) electrons. The number of halogens is 2. The van der Waals surface area contributed by atoms with Gasteiger partial charge in [0, 0.05) is 19.5 Å². The van der Waals surface area contributed by atoms with Crippen molar-refractivity contribution < 1.29 is 4.42 Å². The number of aromatic nitrogens is 2. The second-order valence-corrected chi connectivity index (χ2v) is 4.55. The van der Waals surface area contributed by atoms with Crippen LogP contribution >= 0.6 is 38.5 Å². The van der Waals surface area contributed by atoms with Crippen molar-refractivity contribution in [3.63, 3.8) is 0 Å². The molecule has 0 saturated heterocycles. The highest BCUT2D eigenvalue weighted by Gasteiger charge is 2.10. The minimum absolute atomic E-state index is 0.407. The van der Waals surface area contributed by atoms with E-state index < -0.39 is 0 Å². The SMILES string of the molecule is Cc1cccc(-c2nnc(Br)o2)c1I. The summed E-state index contributed by atoms with van der Waals surface area (Å²) in [6.45, 7) is 2.05. The van der Waals surface area contributed by atoms with Gasteiger partial charge >= 0.3 is 0 Å². The molecule has 0 unspecified atom stereocenters. The average molecular weight is 365 g/mol. The van der Waals surface area contributed by atoms with E-state index in [0.717, 1.165) is 9.13 Å². The Morgan fingerprint density at radius 3 is 2.79 bits per heavy atom. The van der Waals surface area contributed by atoms with Gasteiger partial charge < -0.3 is 4.42 Å². The largest absolute Gasteiger partial charge is 0.411 e. The Morgan fingerprint density at radius 1 is 1.36 bits per heavy atom. The minimum Gasteiger partial charge on any atom is -0.411 e. The van der Waals surface area contributed by atoms with Gasteiger partial charge in [0.25, 0.3) is 4.80 Å². The van der Waals surface area contributed by atoms with Gasteiger partial charge in [-0.15, -0.1) is 10.2 Å². The van der Waals surface area contributed by atoms with E-state index in [2.05, 4.69) is 61.7 Å². The van der Waals surface area contributed by atoms with Gasteiger partial charge in [0.2, 0.25) is 5.89 Å². The fraction of sp³-hybridized carbons (Fsp3) is 0.111. The van der Waals surface area contributed by atoms with Gasteiger partial charge in [-0.25, -0.2) is 0 Å². The lowest BCUT2D eigenvalue weighted by atomic mass is 10.1. The first-order valence-electron chi connectivity index (χ1n) is 3.93. The summed E-state index contributed by atoms with van der Waals surface area (Å²) in [5.41, 5.74) is 2.18. The maximum Gasteiger partial charge on any atom is 0.285 e. The lowest BCUT2D eigenvalue weighted by Gasteiger charge is -2.01. The van der Waals surface area contributed by atoms with Crippen LogP contribution in [0.15, 0.2) is 27.4 Å². The van der Waals surface area contributed by atoms with Crippen LogP contribution in [-0.4, -0.2) is 10.2 Å². The highest BCUT2D eigenvalue weighted by molar-refractivity contribution is 14.1. The zero-order valence-electron chi connectivity index (χ0n) is 7.29. The molecule has 0 aliphatic carbocycles. The summed E-state index contributed by atoms with van der Waals surface area (Å²) in [4.78, 5) is 0.407. The molecule has 0 saturated carbocycles. The molecule has 0 aliphatic rings. The van der Waals surface area contributed by atoms with Crippen LogP contribution in [0.2, 0.25) is 0 Å². The van der Waals surface area contributed by atoms with Crippen LogP contribution in [-0.2, 0) is 0 Å². The predicted molar refractivity (Wildman–Crippen MR) is 64.9 cm³/mol. The molecule has 0 atom stereocenters. The van der Waals surface area contributed by atoms with Crippen molar-refractivity contribution in [2.75, 3.05) is 0 Å². The van der Waals surface area contributed by atoms with E-state index in [9.17, 15) is 0 Å². The summed E-state index contributed by atoms with van der Waals surface area (Å²) in [5, 5.41) is 7.68. The van der Waals surface area contributed by atoms with Gasteiger partial charge in [-0.05, 0) is 41.1 Å². The summed E-state index contributed by atoms with van der Waals surface area (Å²) in [5.74, 6) is 0.546. The predicted octanol–water partition coefficient (Wildman–Crippen LogP) is 3.41. The van der Waals surface area contributed by atoms with E-state index in [0.29, 0.717) is 10.7 Å². The summed E-state index contributed by atoms with van der Waals surface area (Å²) in [6.07, 6.45) is 0. The number of rotatable bonds is 1. The number of nitrogens with zero attached hydrogens (tertiary/aromatic N) is 2. The first kappa shape index (κ1) is 10.1. The molecule has 1 aromatic carbocycles. The second-order valence-electron chi connectivity index (χ2n) is 2.80. The summed E-state index contributed by atoms with van der Waals surface area (Å²) >= 11 is 5.40. The van der Waals surface area contributed by atoms with Crippen molar-refractivity contribution in [2.45, 2.75) is 6.92 Å². The van der Waals surface area contributed by atoms with Gasteiger partial charge in [0.05, 0.1) is 5.56 Å². The number of hydrogen-bond donors (Lipinski definition) is 0. The third-order valence-corrected chi connectivity index (χ3v) is 3.57. The van der Waals surface area contributed by atoms with Crippen molar-refractivity contribution >= 4 is 38.5 Å². The molecular formula is C9H6BrIN2O. The number of benzene rings is 1. The number of hydrogen-bond acceptors (Lipinski definition) is 3. The van der Waals surface area contributed by atoms with Gasteiger partial charge in [-0.1, -0.05) is 12.1 Å². The minimum atomic E-state index is 0.407. The molecule has 2 aromatic rings. The normalized spacial score (nSPS) is 10.5. The molecule has 0 N–H and O–H groups in total. The molecule has 1 heterocycles. The van der Waals surface area contributed by atoms with E-state index in [-0.39, 0.29) is 0 Å². The molecule has 0 fully saturated rings. The Balaban J connectivity index is 2.57. The Labute approximate surface area is 103 Å². The first-order chi connectivity index (χ1) is 6.68. The van der Waals surface area contributed by atoms with Crippen molar-refractivity contribution in [3.05, 3.63) is 32.1 Å². The molecule has 72 valence electrons. The fourth-order valence-electron chi connectivity index (χ4n) is 1.13. The molecular weight excluding hydrogens is 359 g/mol. The summed E-state index contributed by atoms with van der Waals surface area (Å²) in [6, 6.07) is 6.00. The maximum absolute atomic E-state index is 5.30. The van der Waals surface area contributed by atoms with E-state index in [1.165, 1.54) is 5.56 Å². The molecule has 0 amide bonds. The monoisotopic (exact) mass is 364 g/mol. The molecule has 3 nitrogen and oxygen atoms in total. The van der Waals surface area contributed by atoms with E-state index in [1.54, 1.807) is 0 Å². The molecule has 14 heavy (non-hydrogen) atoms. The van der Waals surface area contributed by atoms with Crippen LogP contribution in [0.25, 0.3) is 11.5 Å². The third-order valence-electron chi connectivity index (χ3n) is 1.82. The topological polar surface area (TPSA) is 38.9 Å². The maximum atomic E-state index is 5.30. The van der Waals surface area contributed by atoms with Crippen molar-refractivity contribution in [3.8, 4) is 11.5 Å². The first-order valence-corrected chi connectivity index (χ1v) is 5.80. The van der Waals surface area contributed by atoms with Gasteiger partial charge in [-0.2, -0.15) is 0 Å². The van der Waals surface area contributed by atoms with Crippen molar-refractivity contribution in [1.29, 1.82) is 0 Å². The molecule has 0 bridgehead atoms. The molecule has 2 rings (SSSR count). The quantitative estimate of drug-likeness (QED) is 0.728. The lowest BCUT2D eigenvalue weighted by Crippen LogP contribution is -1.86. The third kappa shape index (κ3) is 1.83. The van der Waals surface area contributed by atoms with Crippen molar-refractivity contribution in [1.82, 2.24) is 10.2 Å². The molecule has 0 spiro atoms. The Hall–Kier alpha value is -0.430. The van der Waals surface area contributed by atoms with E-state index >= 15 is 0 Å². The smallest absolute Gasteiger partial charge is 0.285 e. The standard InChI is InChI=1S/C9H6BrIN2O/c1-5-3-2-4-6(7(5)11)8-12-13-9(10)14-8/h2-4H,1H3. The highest BCUT2D eigenvalue weighted by atomic mass is 127. The van der Waals surface area contributed by atoms with Crippen LogP contribution < -0.4 is 0 Å². The highest BCUT2D eigenvalue weighted by Crippen LogP contribution is 2.27. The van der Waals surface area contributed by atoms with E-state index in [1.807, 2.05) is 12.1 Å². The Bertz CT molecular complexity index is 470. The Morgan fingerprint density at radius 2 is 2.14 bits per heavy atom. The van der Waals surface area contributed by atoms with Crippen LogP contribution in [0.1, 0.15) is 5.56 Å². The van der Waals surface area contributed by atoms with Crippen LogP contribution in [0, 0.1) is 10.5 Å². The summed E-state index contributed by atoms with van der Waals surface area (Å²) < 4.78 is 6.44. The lowest BCUT2D eigenvalue weighted by molar-refractivity contribution is 0.540. The zero-order chi connectivity index (χ0) is 10.1. The van der Waals surface area contributed by atoms with Crippen LogP contribution in [0.3, 0.4) is 0 Å². The van der Waals surface area contributed by atoms with E-state index in [4.69, 9.17) is 4.42 Å². The number of aryl methyl sites for hydroxylation is 1. The molecule has 0 aliphatic heterocycles. The summed E-state index contributed by atoms with van der Waals surface area (Å²) in [7, 11) is 0. The Kier molecular flexibility index (Phi) is 2.87. The second kappa shape index (κ2) is 3.98. The van der Waals surface area contributed by atoms with Crippen LogP contribution in [0.4, 0.5) is 0 Å². The average Bonchev–Trinajstić information content (AvgIpc) is 2.57. The van der Waals surface area contributed by atoms with Crippen molar-refractivity contribution in [2.24, 2.45) is 0 Å². The van der Waals surface area contributed by atoms with Gasteiger partial charge in [-0.3, -0.25) is 0 Å². The zero-order valence-corrected chi connectivity index (χ0v) is 11.0. The van der Waals surface area contributed by atoms with Crippen LogP contribution in [0.5, 0.6) is 0 Å². The molecule has 1 aromatic heterocycles.